The Balaban J connectivity index is 2.44. The highest BCUT2D eigenvalue weighted by atomic mass is 16.3. The number of β-amino-alcohol motifs (C(OH)–C–C–N with tert-alkyl or cyclic N) is 1. The van der Waals surface area contributed by atoms with Crippen molar-refractivity contribution in [1.82, 2.24) is 4.90 Å². The molecule has 2 heteroatoms. The quantitative estimate of drug-likeness (QED) is 0.612. The molecule has 0 aliphatic carbocycles. The molecular weight excluding hydrogens is 138 g/mol. The Kier molecular flexibility index (Phi) is 2.90. The molecule has 0 aromatic rings. The average molecular weight is 157 g/mol. The number of piperidine rings is 1. The number of hydrogen-bond acceptors (Lipinski definition) is 2. The van der Waals surface area contributed by atoms with Crippen LogP contribution in [-0.2, 0) is 0 Å². The van der Waals surface area contributed by atoms with Gasteiger partial charge in [0.05, 0.1) is 6.10 Å². The molecule has 0 amide bonds. The van der Waals surface area contributed by atoms with Gasteiger partial charge in [-0.2, -0.15) is 0 Å². The van der Waals surface area contributed by atoms with Gasteiger partial charge >= 0.3 is 0 Å². The zero-order valence-corrected chi connectivity index (χ0v) is 7.75. The monoisotopic (exact) mass is 157 g/mol. The maximum absolute atomic E-state index is 9.67. The van der Waals surface area contributed by atoms with Gasteiger partial charge < -0.3 is 10.0 Å². The van der Waals surface area contributed by atoms with E-state index in [1.165, 1.54) is 0 Å². The van der Waals surface area contributed by atoms with Crippen LogP contribution in [0.3, 0.4) is 0 Å². The summed E-state index contributed by atoms with van der Waals surface area (Å²) < 4.78 is 0. The minimum absolute atomic E-state index is 0.103. The van der Waals surface area contributed by atoms with Crippen molar-refractivity contribution in [3.8, 4) is 0 Å². The van der Waals surface area contributed by atoms with Crippen LogP contribution in [0.5, 0.6) is 0 Å². The van der Waals surface area contributed by atoms with E-state index in [1.807, 2.05) is 0 Å². The molecule has 1 heterocycles. The van der Waals surface area contributed by atoms with E-state index < -0.39 is 0 Å². The molecule has 2 atom stereocenters. The van der Waals surface area contributed by atoms with Gasteiger partial charge in [0.15, 0.2) is 0 Å². The van der Waals surface area contributed by atoms with Gasteiger partial charge in [0.2, 0.25) is 0 Å². The van der Waals surface area contributed by atoms with Crippen LogP contribution in [-0.4, -0.2) is 36.2 Å². The maximum Gasteiger partial charge on any atom is 0.0698 e. The van der Waals surface area contributed by atoms with Crippen molar-refractivity contribution in [2.75, 3.05) is 20.1 Å². The number of likely N-dealkylation sites (tertiary alicyclic amines) is 1. The lowest BCUT2D eigenvalue weighted by Crippen LogP contribution is -2.43. The van der Waals surface area contributed by atoms with E-state index >= 15 is 0 Å². The Morgan fingerprint density at radius 1 is 1.45 bits per heavy atom. The number of nitrogens with zero attached hydrogens (tertiary/aromatic N) is 1. The van der Waals surface area contributed by atoms with Crippen molar-refractivity contribution in [3.05, 3.63) is 0 Å². The fraction of sp³-hybridized carbons (Fsp3) is 1.00. The van der Waals surface area contributed by atoms with Crippen LogP contribution in [0, 0.1) is 11.8 Å². The van der Waals surface area contributed by atoms with Crippen LogP contribution in [0.2, 0.25) is 0 Å². The highest BCUT2D eigenvalue weighted by Crippen LogP contribution is 2.23. The third kappa shape index (κ3) is 2.17. The third-order valence-electron chi connectivity index (χ3n) is 2.69. The topological polar surface area (TPSA) is 23.5 Å². The van der Waals surface area contributed by atoms with Crippen LogP contribution in [0.25, 0.3) is 0 Å². The predicted octanol–water partition coefficient (Wildman–Crippen LogP) is 0.955. The van der Waals surface area contributed by atoms with Crippen molar-refractivity contribution in [2.45, 2.75) is 26.4 Å². The highest BCUT2D eigenvalue weighted by molar-refractivity contribution is 4.79. The van der Waals surface area contributed by atoms with Gasteiger partial charge in [-0.1, -0.05) is 13.8 Å². The van der Waals surface area contributed by atoms with Gasteiger partial charge in [-0.3, -0.25) is 0 Å². The normalized spacial score (nSPS) is 34.6. The summed E-state index contributed by atoms with van der Waals surface area (Å²) in [6.45, 7) is 6.38. The SMILES string of the molecule is CC(C)C1CCN(C)CC1O. The summed E-state index contributed by atoms with van der Waals surface area (Å²) in [6.07, 6.45) is 1.05. The fourth-order valence-corrected chi connectivity index (χ4v) is 1.89. The molecule has 0 radical (unpaired) electrons. The minimum Gasteiger partial charge on any atom is -0.391 e. The molecule has 0 aromatic carbocycles. The lowest BCUT2D eigenvalue weighted by molar-refractivity contribution is 0.0124. The first-order chi connectivity index (χ1) is 5.11. The number of aliphatic hydroxyl groups excluding tert-OH is 1. The smallest absolute Gasteiger partial charge is 0.0698 e. The molecule has 0 saturated carbocycles. The summed E-state index contributed by atoms with van der Waals surface area (Å²) in [7, 11) is 2.07. The Morgan fingerprint density at radius 3 is 2.55 bits per heavy atom. The average Bonchev–Trinajstić information content (AvgIpc) is 1.85. The van der Waals surface area contributed by atoms with Gasteiger partial charge in [-0.05, 0) is 31.8 Å². The van der Waals surface area contributed by atoms with Gasteiger partial charge in [-0.25, -0.2) is 0 Å². The van der Waals surface area contributed by atoms with Crippen molar-refractivity contribution in [3.63, 3.8) is 0 Å². The zero-order chi connectivity index (χ0) is 8.43. The Bertz CT molecular complexity index is 125. The molecule has 2 nitrogen and oxygen atoms in total. The van der Waals surface area contributed by atoms with Gasteiger partial charge in [0.1, 0.15) is 0 Å². The second-order valence-corrected chi connectivity index (χ2v) is 4.03. The van der Waals surface area contributed by atoms with Crippen LogP contribution >= 0.6 is 0 Å². The van der Waals surface area contributed by atoms with E-state index in [0.29, 0.717) is 11.8 Å². The van der Waals surface area contributed by atoms with Gasteiger partial charge in [-0.15, -0.1) is 0 Å². The predicted molar refractivity (Wildman–Crippen MR) is 46.4 cm³/mol. The van der Waals surface area contributed by atoms with E-state index in [1.54, 1.807) is 0 Å². The fourth-order valence-electron chi connectivity index (χ4n) is 1.89. The number of aliphatic hydroxyl groups is 1. The summed E-state index contributed by atoms with van der Waals surface area (Å²) in [5.74, 6) is 1.14. The molecule has 1 N–H and O–H groups in total. The Morgan fingerprint density at radius 2 is 2.09 bits per heavy atom. The molecule has 66 valence electrons. The van der Waals surface area contributed by atoms with E-state index in [-0.39, 0.29) is 6.10 Å². The first-order valence-electron chi connectivity index (χ1n) is 4.48. The summed E-state index contributed by atoms with van der Waals surface area (Å²) in [6, 6.07) is 0. The second kappa shape index (κ2) is 3.55. The summed E-state index contributed by atoms with van der Waals surface area (Å²) >= 11 is 0. The van der Waals surface area contributed by atoms with Crippen molar-refractivity contribution >= 4 is 0 Å². The number of hydrogen-bond donors (Lipinski definition) is 1. The van der Waals surface area contributed by atoms with Gasteiger partial charge in [0, 0.05) is 6.54 Å². The molecule has 2 unspecified atom stereocenters. The molecule has 1 saturated heterocycles. The molecule has 1 rings (SSSR count). The minimum atomic E-state index is -0.103. The molecule has 1 fully saturated rings. The standard InChI is InChI=1S/C9H19NO/c1-7(2)8-4-5-10(3)6-9(8)11/h7-9,11H,4-6H2,1-3H3. The lowest BCUT2D eigenvalue weighted by Gasteiger charge is -2.35. The summed E-state index contributed by atoms with van der Waals surface area (Å²) in [5.41, 5.74) is 0. The van der Waals surface area contributed by atoms with Crippen LogP contribution < -0.4 is 0 Å². The number of rotatable bonds is 1. The largest absolute Gasteiger partial charge is 0.391 e. The van der Waals surface area contributed by atoms with Gasteiger partial charge in [0.25, 0.3) is 0 Å². The molecule has 0 aromatic heterocycles. The van der Waals surface area contributed by atoms with Crippen molar-refractivity contribution < 1.29 is 5.11 Å². The third-order valence-corrected chi connectivity index (χ3v) is 2.69. The highest BCUT2D eigenvalue weighted by Gasteiger charge is 2.27. The summed E-state index contributed by atoms with van der Waals surface area (Å²) in [5, 5.41) is 9.67. The first-order valence-corrected chi connectivity index (χ1v) is 4.48. The maximum atomic E-state index is 9.67. The number of likely N-dealkylation sites (N-methyl/N-ethyl adjacent to an activating group) is 1. The molecule has 11 heavy (non-hydrogen) atoms. The lowest BCUT2D eigenvalue weighted by atomic mass is 9.85. The van der Waals surface area contributed by atoms with E-state index in [0.717, 1.165) is 19.5 Å². The zero-order valence-electron chi connectivity index (χ0n) is 7.75. The van der Waals surface area contributed by atoms with Crippen LogP contribution in [0.15, 0.2) is 0 Å². The molecule has 0 bridgehead atoms. The molecule has 1 aliphatic rings. The molecule has 1 aliphatic heterocycles. The Hall–Kier alpha value is -0.0800. The van der Waals surface area contributed by atoms with Crippen molar-refractivity contribution in [2.24, 2.45) is 11.8 Å². The molecule has 0 spiro atoms. The second-order valence-electron chi connectivity index (χ2n) is 4.03. The van der Waals surface area contributed by atoms with E-state index in [9.17, 15) is 5.11 Å². The van der Waals surface area contributed by atoms with Crippen LogP contribution in [0.1, 0.15) is 20.3 Å². The van der Waals surface area contributed by atoms with E-state index in [4.69, 9.17) is 0 Å². The van der Waals surface area contributed by atoms with Crippen molar-refractivity contribution in [1.29, 1.82) is 0 Å². The van der Waals surface area contributed by atoms with E-state index in [2.05, 4.69) is 25.8 Å². The Labute approximate surface area is 69.2 Å². The molecular formula is C9H19NO. The summed E-state index contributed by atoms with van der Waals surface area (Å²) in [4.78, 5) is 2.20. The first kappa shape index (κ1) is 9.01. The van der Waals surface area contributed by atoms with Crippen LogP contribution in [0.4, 0.5) is 0 Å².